The van der Waals surface area contributed by atoms with Gasteiger partial charge in [0.05, 0.1) is 11.6 Å². The monoisotopic (exact) mass is 351 g/mol. The molecule has 0 radical (unpaired) electrons. The zero-order chi connectivity index (χ0) is 18.5. The summed E-state index contributed by atoms with van der Waals surface area (Å²) in [6.45, 7) is 6.24. The number of ether oxygens (including phenoxy) is 2. The molecule has 4 nitrogen and oxygen atoms in total. The molecule has 0 fully saturated rings. The van der Waals surface area contributed by atoms with E-state index < -0.39 is 0 Å². The summed E-state index contributed by atoms with van der Waals surface area (Å²) in [5.41, 5.74) is 2.10. The fraction of sp³-hybridized carbons (Fsp3) is 0.318. The summed E-state index contributed by atoms with van der Waals surface area (Å²) < 4.78 is 13.4. The Balaban J connectivity index is 1.87. The van der Waals surface area contributed by atoms with Gasteiger partial charge in [-0.05, 0) is 44.0 Å². The normalized spacial score (nSPS) is 12.3. The lowest BCUT2D eigenvalue weighted by Gasteiger charge is -2.19. The molecule has 3 aromatic rings. The predicted octanol–water partition coefficient (Wildman–Crippen LogP) is 5.12. The predicted molar refractivity (Wildman–Crippen MR) is 103 cm³/mol. The van der Waals surface area contributed by atoms with Gasteiger partial charge in [0.25, 0.3) is 0 Å². The van der Waals surface area contributed by atoms with Crippen molar-refractivity contribution in [3.63, 3.8) is 0 Å². The van der Waals surface area contributed by atoms with Crippen LogP contribution in [0.2, 0.25) is 0 Å². The zero-order valence-corrected chi connectivity index (χ0v) is 15.5. The van der Waals surface area contributed by atoms with Crippen molar-refractivity contribution in [3.05, 3.63) is 66.4 Å². The number of carbonyl (C=O) groups is 1. The van der Waals surface area contributed by atoms with Crippen LogP contribution < -0.4 is 4.74 Å². The molecule has 3 rings (SSSR count). The van der Waals surface area contributed by atoms with Crippen LogP contribution in [0.15, 0.2) is 60.8 Å². The molecule has 0 bridgehead atoms. The molecule has 4 heteroatoms. The Labute approximate surface area is 154 Å². The molecule has 0 N–H and O–H groups in total. The molecule has 26 heavy (non-hydrogen) atoms. The van der Waals surface area contributed by atoms with E-state index in [0.29, 0.717) is 13.0 Å². The molecule has 1 atom stereocenters. The molecule has 0 aliphatic rings. The third kappa shape index (κ3) is 3.90. The zero-order valence-electron chi connectivity index (χ0n) is 15.5. The van der Waals surface area contributed by atoms with Gasteiger partial charge in [-0.3, -0.25) is 0 Å². The average molecular weight is 351 g/mol. The molecule has 136 valence electrons. The Kier molecular flexibility index (Phi) is 5.61. The van der Waals surface area contributed by atoms with Crippen LogP contribution in [-0.2, 0) is 16.1 Å². The highest BCUT2D eigenvalue weighted by Crippen LogP contribution is 2.30. The number of rotatable bonds is 7. The van der Waals surface area contributed by atoms with Crippen LogP contribution in [0, 0.1) is 0 Å². The second-order valence-electron chi connectivity index (χ2n) is 6.60. The molecule has 2 aromatic carbocycles. The minimum atomic E-state index is -0.334. The van der Waals surface area contributed by atoms with Gasteiger partial charge in [0.1, 0.15) is 18.4 Å². The summed E-state index contributed by atoms with van der Waals surface area (Å²) in [5, 5.41) is 0.999. The lowest BCUT2D eigenvalue weighted by Crippen LogP contribution is -2.23. The lowest BCUT2D eigenvalue weighted by atomic mass is 10.2. The van der Waals surface area contributed by atoms with Gasteiger partial charge >= 0.3 is 5.97 Å². The van der Waals surface area contributed by atoms with Crippen LogP contribution in [0.1, 0.15) is 38.8 Å². The number of esters is 1. The van der Waals surface area contributed by atoms with Crippen LogP contribution in [0.3, 0.4) is 0 Å². The summed E-state index contributed by atoms with van der Waals surface area (Å²) in [6, 6.07) is 17.7. The summed E-state index contributed by atoms with van der Waals surface area (Å²) >= 11 is 0. The van der Waals surface area contributed by atoms with Crippen molar-refractivity contribution in [1.82, 2.24) is 4.57 Å². The maximum absolute atomic E-state index is 12.4. The molecule has 1 heterocycles. The topological polar surface area (TPSA) is 40.5 Å². The molecule has 1 unspecified atom stereocenters. The van der Waals surface area contributed by atoms with E-state index in [-0.39, 0.29) is 18.1 Å². The fourth-order valence-electron chi connectivity index (χ4n) is 3.08. The quantitative estimate of drug-likeness (QED) is 0.555. The van der Waals surface area contributed by atoms with Gasteiger partial charge in [-0.2, -0.15) is 0 Å². The first-order chi connectivity index (χ1) is 12.6. The molecular formula is C22H25NO3. The first-order valence-corrected chi connectivity index (χ1v) is 9.07. The molecule has 0 aliphatic carbocycles. The standard InChI is InChI=1S/C22H25NO3/c1-4-19(22(24)26-16(2)3)23-14-13-18-20(23)11-8-12-21(18)25-15-17-9-6-5-7-10-17/h5-14,16,19H,4,15H2,1-3H3. The van der Waals surface area contributed by atoms with Crippen molar-refractivity contribution in [2.45, 2.75) is 45.9 Å². The average Bonchev–Trinajstić information content (AvgIpc) is 3.05. The molecule has 0 aliphatic heterocycles. The number of hydrogen-bond acceptors (Lipinski definition) is 3. The van der Waals surface area contributed by atoms with E-state index in [9.17, 15) is 4.79 Å². The summed E-state index contributed by atoms with van der Waals surface area (Å²) in [5.74, 6) is 0.618. The van der Waals surface area contributed by atoms with E-state index in [1.807, 2.05) is 86.1 Å². The van der Waals surface area contributed by atoms with Gasteiger partial charge in [-0.25, -0.2) is 4.79 Å². The van der Waals surface area contributed by atoms with Crippen molar-refractivity contribution in [2.75, 3.05) is 0 Å². The Morgan fingerprint density at radius 1 is 1.04 bits per heavy atom. The van der Waals surface area contributed by atoms with Gasteiger partial charge in [0.15, 0.2) is 0 Å². The Morgan fingerprint density at radius 2 is 1.81 bits per heavy atom. The van der Waals surface area contributed by atoms with Crippen molar-refractivity contribution < 1.29 is 14.3 Å². The molecular weight excluding hydrogens is 326 g/mol. The van der Waals surface area contributed by atoms with E-state index in [2.05, 4.69) is 0 Å². The van der Waals surface area contributed by atoms with E-state index in [0.717, 1.165) is 22.2 Å². The van der Waals surface area contributed by atoms with Gasteiger partial charge < -0.3 is 14.0 Å². The summed E-state index contributed by atoms with van der Waals surface area (Å²) in [6.07, 6.45) is 2.49. The second-order valence-corrected chi connectivity index (χ2v) is 6.60. The SMILES string of the molecule is CCC(C(=O)OC(C)C)n1ccc2c(OCc3ccccc3)cccc21. The maximum atomic E-state index is 12.4. The van der Waals surface area contributed by atoms with E-state index in [1.165, 1.54) is 0 Å². The highest BCUT2D eigenvalue weighted by molar-refractivity contribution is 5.88. The third-order valence-corrected chi connectivity index (χ3v) is 4.31. The largest absolute Gasteiger partial charge is 0.488 e. The van der Waals surface area contributed by atoms with Crippen molar-refractivity contribution in [3.8, 4) is 5.75 Å². The van der Waals surface area contributed by atoms with E-state index >= 15 is 0 Å². The number of nitrogens with zero attached hydrogens (tertiary/aromatic N) is 1. The van der Waals surface area contributed by atoms with Gasteiger partial charge in [-0.15, -0.1) is 0 Å². The molecule has 0 spiro atoms. The number of carbonyl (C=O) groups excluding carboxylic acids is 1. The van der Waals surface area contributed by atoms with E-state index in [4.69, 9.17) is 9.47 Å². The minimum Gasteiger partial charge on any atom is -0.488 e. The van der Waals surface area contributed by atoms with Crippen molar-refractivity contribution in [1.29, 1.82) is 0 Å². The smallest absolute Gasteiger partial charge is 0.329 e. The Bertz CT molecular complexity index is 867. The first kappa shape index (κ1) is 18.1. The first-order valence-electron chi connectivity index (χ1n) is 9.07. The highest BCUT2D eigenvalue weighted by atomic mass is 16.5. The number of benzene rings is 2. The number of hydrogen-bond donors (Lipinski definition) is 0. The van der Waals surface area contributed by atoms with Gasteiger partial charge in [0, 0.05) is 11.6 Å². The van der Waals surface area contributed by atoms with Crippen molar-refractivity contribution in [2.24, 2.45) is 0 Å². The van der Waals surface area contributed by atoms with Crippen LogP contribution in [-0.4, -0.2) is 16.6 Å². The third-order valence-electron chi connectivity index (χ3n) is 4.31. The van der Waals surface area contributed by atoms with Crippen LogP contribution in [0.25, 0.3) is 10.9 Å². The van der Waals surface area contributed by atoms with Crippen molar-refractivity contribution >= 4 is 16.9 Å². The number of fused-ring (bicyclic) bond motifs is 1. The minimum absolute atomic E-state index is 0.122. The highest BCUT2D eigenvalue weighted by Gasteiger charge is 2.22. The lowest BCUT2D eigenvalue weighted by molar-refractivity contribution is -0.151. The fourth-order valence-corrected chi connectivity index (χ4v) is 3.08. The van der Waals surface area contributed by atoms with E-state index in [1.54, 1.807) is 0 Å². The second kappa shape index (κ2) is 8.09. The van der Waals surface area contributed by atoms with Crippen LogP contribution in [0.4, 0.5) is 0 Å². The summed E-state index contributed by atoms with van der Waals surface area (Å²) in [7, 11) is 0. The summed E-state index contributed by atoms with van der Waals surface area (Å²) in [4.78, 5) is 12.4. The molecule has 0 saturated heterocycles. The Hall–Kier alpha value is -2.75. The number of aromatic nitrogens is 1. The molecule has 0 saturated carbocycles. The maximum Gasteiger partial charge on any atom is 0.329 e. The molecule has 0 amide bonds. The van der Waals surface area contributed by atoms with Gasteiger partial charge in [-0.1, -0.05) is 43.3 Å². The van der Waals surface area contributed by atoms with Crippen LogP contribution >= 0.6 is 0 Å². The van der Waals surface area contributed by atoms with Crippen LogP contribution in [0.5, 0.6) is 5.75 Å². The van der Waals surface area contributed by atoms with Gasteiger partial charge in [0.2, 0.25) is 0 Å². The molecule has 1 aromatic heterocycles. The Morgan fingerprint density at radius 3 is 2.50 bits per heavy atom.